The van der Waals surface area contributed by atoms with Crippen LogP contribution in [-0.2, 0) is 9.53 Å². The highest BCUT2D eigenvalue weighted by atomic mass is 16.5. The minimum absolute atomic E-state index is 0.213. The van der Waals surface area contributed by atoms with E-state index < -0.39 is 0 Å². The number of esters is 1. The molecule has 88 valence electrons. The third-order valence-corrected chi connectivity index (χ3v) is 1.68. The van der Waals surface area contributed by atoms with Crippen LogP contribution in [0.1, 0.15) is 6.92 Å². The molecular weight excluding hydrogens is 202 g/mol. The van der Waals surface area contributed by atoms with Gasteiger partial charge in [0.2, 0.25) is 0 Å². The molecule has 0 amide bonds. The monoisotopic (exact) mass is 221 g/mol. The molecule has 0 heterocycles. The second-order valence-electron chi connectivity index (χ2n) is 2.98. The molecule has 0 saturated heterocycles. The maximum atomic E-state index is 11.0. The molecule has 0 aromatic carbocycles. The van der Waals surface area contributed by atoms with Crippen molar-refractivity contribution in [3.05, 3.63) is 49.1 Å². The molecule has 0 fully saturated rings. The predicted molar refractivity (Wildman–Crippen MR) is 67.1 cm³/mol. The first-order valence-electron chi connectivity index (χ1n) is 5.21. The molecule has 0 radical (unpaired) electrons. The molecule has 0 aliphatic carbocycles. The molecule has 1 N–H and O–H groups in total. The number of carbonyl (C=O) groups is 1. The van der Waals surface area contributed by atoms with E-state index in [1.54, 1.807) is 19.1 Å². The number of carbonyl (C=O) groups excluding carboxylic acids is 1. The van der Waals surface area contributed by atoms with Crippen molar-refractivity contribution >= 4 is 5.97 Å². The number of rotatable bonds is 8. The second kappa shape index (κ2) is 9.93. The van der Waals surface area contributed by atoms with Gasteiger partial charge in [0.1, 0.15) is 0 Å². The van der Waals surface area contributed by atoms with Crippen molar-refractivity contribution in [2.75, 3.05) is 19.7 Å². The fourth-order valence-corrected chi connectivity index (χ4v) is 1.04. The summed E-state index contributed by atoms with van der Waals surface area (Å²) in [4.78, 5) is 11.0. The highest BCUT2D eigenvalue weighted by Crippen LogP contribution is 1.96. The zero-order valence-electron chi connectivity index (χ0n) is 9.74. The fraction of sp³-hybridized carbons (Fsp3) is 0.308. The Labute approximate surface area is 97.2 Å². The van der Waals surface area contributed by atoms with Crippen LogP contribution in [0.2, 0.25) is 0 Å². The van der Waals surface area contributed by atoms with E-state index in [4.69, 9.17) is 4.74 Å². The maximum Gasteiger partial charge on any atom is 0.319 e. The summed E-state index contributed by atoms with van der Waals surface area (Å²) in [6.07, 6.45) is 9.02. The zero-order valence-corrected chi connectivity index (χ0v) is 9.74. The summed E-state index contributed by atoms with van der Waals surface area (Å²) in [6.45, 7) is 10.2. The van der Waals surface area contributed by atoms with Crippen LogP contribution >= 0.6 is 0 Å². The third kappa shape index (κ3) is 7.76. The first-order valence-corrected chi connectivity index (χ1v) is 5.21. The predicted octanol–water partition coefficient (Wildman–Crippen LogP) is 1.99. The number of ether oxygens (including phenoxy) is 1. The molecule has 0 atom stereocenters. The Morgan fingerprint density at radius 1 is 1.31 bits per heavy atom. The summed E-state index contributed by atoms with van der Waals surface area (Å²) in [5, 5.41) is 2.99. The molecule has 0 bridgehead atoms. The Morgan fingerprint density at radius 3 is 2.62 bits per heavy atom. The summed E-state index contributed by atoms with van der Waals surface area (Å²) in [6, 6.07) is 0. The lowest BCUT2D eigenvalue weighted by atomic mass is 10.2. The summed E-state index contributed by atoms with van der Waals surface area (Å²) in [7, 11) is 0. The zero-order chi connectivity index (χ0) is 12.2. The molecular formula is C13H19NO2. The lowest BCUT2D eigenvalue weighted by Gasteiger charge is -2.04. The average Bonchev–Trinajstić information content (AvgIpc) is 2.26. The minimum Gasteiger partial charge on any atom is -0.465 e. The highest BCUT2D eigenvalue weighted by Gasteiger charge is 1.99. The van der Waals surface area contributed by atoms with Crippen molar-refractivity contribution < 1.29 is 9.53 Å². The largest absolute Gasteiger partial charge is 0.465 e. The molecule has 0 rings (SSSR count). The molecule has 0 spiro atoms. The molecule has 0 unspecified atom stereocenters. The molecule has 3 nitrogen and oxygen atoms in total. The van der Waals surface area contributed by atoms with Gasteiger partial charge >= 0.3 is 5.97 Å². The average molecular weight is 221 g/mol. The first-order chi connectivity index (χ1) is 7.74. The Bertz CT molecular complexity index is 290. The Kier molecular flexibility index (Phi) is 8.93. The number of hydrogen-bond acceptors (Lipinski definition) is 3. The van der Waals surface area contributed by atoms with Gasteiger partial charge in [0, 0.05) is 6.54 Å². The van der Waals surface area contributed by atoms with Crippen molar-refractivity contribution in [3.8, 4) is 0 Å². The quantitative estimate of drug-likeness (QED) is 0.503. The van der Waals surface area contributed by atoms with Crippen molar-refractivity contribution in [2.45, 2.75) is 6.92 Å². The minimum atomic E-state index is -0.242. The van der Waals surface area contributed by atoms with Gasteiger partial charge in [-0.1, -0.05) is 43.5 Å². The van der Waals surface area contributed by atoms with Gasteiger partial charge in [-0.3, -0.25) is 4.79 Å². The SMILES string of the molecule is C=C/C=C\C(=C/C=C)CNCC(=O)OCC. The van der Waals surface area contributed by atoms with Crippen LogP contribution in [-0.4, -0.2) is 25.7 Å². The summed E-state index contributed by atoms with van der Waals surface area (Å²) in [5.41, 5.74) is 1.03. The van der Waals surface area contributed by atoms with Crippen LogP contribution in [0.15, 0.2) is 49.1 Å². The van der Waals surface area contributed by atoms with Crippen molar-refractivity contribution in [2.24, 2.45) is 0 Å². The van der Waals surface area contributed by atoms with E-state index in [1.807, 2.05) is 18.2 Å². The molecule has 16 heavy (non-hydrogen) atoms. The van der Waals surface area contributed by atoms with Crippen molar-refractivity contribution in [3.63, 3.8) is 0 Å². The summed E-state index contributed by atoms with van der Waals surface area (Å²) >= 11 is 0. The number of nitrogens with one attached hydrogen (secondary N) is 1. The maximum absolute atomic E-state index is 11.0. The Morgan fingerprint density at radius 2 is 2.06 bits per heavy atom. The molecule has 0 aromatic rings. The van der Waals surface area contributed by atoms with Crippen molar-refractivity contribution in [1.29, 1.82) is 0 Å². The van der Waals surface area contributed by atoms with E-state index in [9.17, 15) is 4.79 Å². The van der Waals surface area contributed by atoms with E-state index in [0.717, 1.165) is 5.57 Å². The molecule has 0 saturated carbocycles. The fourth-order valence-electron chi connectivity index (χ4n) is 1.04. The normalized spacial score (nSPS) is 11.4. The third-order valence-electron chi connectivity index (χ3n) is 1.68. The molecule has 0 aliphatic heterocycles. The summed E-state index contributed by atoms with van der Waals surface area (Å²) in [5.74, 6) is -0.242. The van der Waals surface area contributed by atoms with Crippen LogP contribution in [0.3, 0.4) is 0 Å². The molecule has 0 aromatic heterocycles. The van der Waals surface area contributed by atoms with Crippen LogP contribution in [0.25, 0.3) is 0 Å². The Hall–Kier alpha value is -1.61. The topological polar surface area (TPSA) is 38.3 Å². The van der Waals surface area contributed by atoms with E-state index in [2.05, 4.69) is 18.5 Å². The molecule has 3 heteroatoms. The van der Waals surface area contributed by atoms with Crippen LogP contribution in [0.4, 0.5) is 0 Å². The van der Waals surface area contributed by atoms with Gasteiger partial charge in [0.15, 0.2) is 0 Å². The van der Waals surface area contributed by atoms with E-state index in [0.29, 0.717) is 13.2 Å². The number of hydrogen-bond donors (Lipinski definition) is 1. The lowest BCUT2D eigenvalue weighted by Crippen LogP contribution is -2.26. The second-order valence-corrected chi connectivity index (χ2v) is 2.98. The highest BCUT2D eigenvalue weighted by molar-refractivity contribution is 5.71. The van der Waals surface area contributed by atoms with Gasteiger partial charge in [-0.05, 0) is 12.5 Å². The van der Waals surface area contributed by atoms with Gasteiger partial charge < -0.3 is 10.1 Å². The summed E-state index contributed by atoms with van der Waals surface area (Å²) < 4.78 is 4.79. The first kappa shape index (κ1) is 14.4. The molecule has 0 aliphatic rings. The Balaban J connectivity index is 3.98. The standard InChI is InChI=1S/C13H19NO2/c1-4-7-9-12(8-5-2)10-14-11-13(15)16-6-3/h4-5,7-9,14H,1-2,6,10-11H2,3H3/b9-7-,12-8+. The smallest absolute Gasteiger partial charge is 0.319 e. The van der Waals surface area contributed by atoms with Crippen molar-refractivity contribution in [1.82, 2.24) is 5.32 Å². The van der Waals surface area contributed by atoms with Gasteiger partial charge in [0.25, 0.3) is 0 Å². The van der Waals surface area contributed by atoms with Gasteiger partial charge in [-0.15, -0.1) is 0 Å². The van der Waals surface area contributed by atoms with Crippen LogP contribution in [0, 0.1) is 0 Å². The van der Waals surface area contributed by atoms with Crippen LogP contribution < -0.4 is 5.32 Å². The van der Waals surface area contributed by atoms with E-state index in [1.165, 1.54) is 0 Å². The lowest BCUT2D eigenvalue weighted by molar-refractivity contribution is -0.141. The van der Waals surface area contributed by atoms with E-state index in [-0.39, 0.29) is 12.5 Å². The van der Waals surface area contributed by atoms with Gasteiger partial charge in [-0.25, -0.2) is 0 Å². The van der Waals surface area contributed by atoms with Gasteiger partial charge in [-0.2, -0.15) is 0 Å². The van der Waals surface area contributed by atoms with Crippen LogP contribution in [0.5, 0.6) is 0 Å². The van der Waals surface area contributed by atoms with Gasteiger partial charge in [0.05, 0.1) is 13.2 Å². The number of allylic oxidation sites excluding steroid dienone is 4. The van der Waals surface area contributed by atoms with E-state index >= 15 is 0 Å².